The van der Waals surface area contributed by atoms with Gasteiger partial charge in [-0.15, -0.1) is 0 Å². The van der Waals surface area contributed by atoms with Crippen molar-refractivity contribution in [1.29, 1.82) is 0 Å². The van der Waals surface area contributed by atoms with Gasteiger partial charge in [-0.2, -0.15) is 5.10 Å². The number of carbonyl (C=O) groups excluding carboxylic acids is 1. The summed E-state index contributed by atoms with van der Waals surface area (Å²) in [6.07, 6.45) is 6.00. The van der Waals surface area contributed by atoms with Crippen molar-refractivity contribution in [3.8, 4) is 0 Å². The zero-order valence-electron chi connectivity index (χ0n) is 15.8. The van der Waals surface area contributed by atoms with Crippen molar-refractivity contribution in [2.75, 3.05) is 13.6 Å². The highest BCUT2D eigenvalue weighted by molar-refractivity contribution is 5.84. The second kappa shape index (κ2) is 8.58. The van der Waals surface area contributed by atoms with Crippen molar-refractivity contribution in [3.05, 3.63) is 70.4 Å². The Labute approximate surface area is 158 Å². The molecule has 1 amide bonds. The van der Waals surface area contributed by atoms with E-state index in [0.29, 0.717) is 18.4 Å². The van der Waals surface area contributed by atoms with E-state index in [4.69, 9.17) is 0 Å². The quantitative estimate of drug-likeness (QED) is 0.646. The number of benzene rings is 1. The summed E-state index contributed by atoms with van der Waals surface area (Å²) in [5, 5.41) is 5.94. The lowest BCUT2D eigenvalue weighted by molar-refractivity contribution is -0.130. The SMILES string of the molecule is CCCCN(C)C(=O)Cn1nc(Cc2ccncc2)c2ccccc2c1=O. The highest BCUT2D eigenvalue weighted by Crippen LogP contribution is 2.16. The van der Waals surface area contributed by atoms with E-state index >= 15 is 0 Å². The van der Waals surface area contributed by atoms with Gasteiger partial charge in [-0.1, -0.05) is 31.5 Å². The number of pyridine rings is 1. The third kappa shape index (κ3) is 4.39. The fraction of sp³-hybridized carbons (Fsp3) is 0.333. The molecule has 0 unspecified atom stereocenters. The molecule has 140 valence electrons. The van der Waals surface area contributed by atoms with E-state index in [1.807, 2.05) is 30.3 Å². The summed E-state index contributed by atoms with van der Waals surface area (Å²) >= 11 is 0. The number of aromatic nitrogens is 3. The summed E-state index contributed by atoms with van der Waals surface area (Å²) < 4.78 is 1.30. The maximum atomic E-state index is 12.8. The minimum atomic E-state index is -0.235. The highest BCUT2D eigenvalue weighted by atomic mass is 16.2. The molecule has 2 heterocycles. The van der Waals surface area contributed by atoms with Crippen molar-refractivity contribution in [2.24, 2.45) is 0 Å². The molecule has 0 atom stereocenters. The Morgan fingerprint density at radius 1 is 1.11 bits per heavy atom. The molecule has 0 N–H and O–H groups in total. The Morgan fingerprint density at radius 2 is 1.81 bits per heavy atom. The van der Waals surface area contributed by atoms with Crippen LogP contribution in [0.15, 0.2) is 53.6 Å². The van der Waals surface area contributed by atoms with Gasteiger partial charge in [0.1, 0.15) is 6.54 Å². The Morgan fingerprint density at radius 3 is 2.52 bits per heavy atom. The minimum Gasteiger partial charge on any atom is -0.344 e. The van der Waals surface area contributed by atoms with E-state index in [2.05, 4.69) is 17.0 Å². The second-order valence-corrected chi connectivity index (χ2v) is 6.66. The van der Waals surface area contributed by atoms with Crippen LogP contribution in [0.3, 0.4) is 0 Å². The normalized spacial score (nSPS) is 10.9. The van der Waals surface area contributed by atoms with Gasteiger partial charge >= 0.3 is 0 Å². The van der Waals surface area contributed by atoms with E-state index in [-0.39, 0.29) is 18.0 Å². The summed E-state index contributed by atoms with van der Waals surface area (Å²) in [6, 6.07) is 11.3. The number of likely N-dealkylation sites (N-methyl/N-ethyl adjacent to an activating group) is 1. The molecule has 0 fully saturated rings. The number of fused-ring (bicyclic) bond motifs is 1. The number of nitrogens with zero attached hydrogens (tertiary/aromatic N) is 4. The Bertz CT molecular complexity index is 982. The van der Waals surface area contributed by atoms with Crippen molar-refractivity contribution in [3.63, 3.8) is 0 Å². The Kier molecular flexibility index (Phi) is 5.96. The lowest BCUT2D eigenvalue weighted by Gasteiger charge is -2.18. The van der Waals surface area contributed by atoms with Crippen molar-refractivity contribution >= 4 is 16.7 Å². The molecule has 0 aliphatic heterocycles. The number of hydrogen-bond donors (Lipinski definition) is 0. The monoisotopic (exact) mass is 364 g/mol. The number of unbranched alkanes of at least 4 members (excludes halogenated alkanes) is 1. The van der Waals surface area contributed by atoms with Crippen LogP contribution >= 0.6 is 0 Å². The molecular weight excluding hydrogens is 340 g/mol. The van der Waals surface area contributed by atoms with Gasteiger partial charge in [0.15, 0.2) is 0 Å². The van der Waals surface area contributed by atoms with Gasteiger partial charge in [0, 0.05) is 37.8 Å². The van der Waals surface area contributed by atoms with Crippen LogP contribution in [0.1, 0.15) is 31.0 Å². The van der Waals surface area contributed by atoms with Gasteiger partial charge in [0.2, 0.25) is 5.91 Å². The fourth-order valence-electron chi connectivity index (χ4n) is 3.01. The summed E-state index contributed by atoms with van der Waals surface area (Å²) in [7, 11) is 1.77. The molecule has 0 saturated heterocycles. The topological polar surface area (TPSA) is 68.1 Å². The first-order valence-corrected chi connectivity index (χ1v) is 9.21. The lowest BCUT2D eigenvalue weighted by Crippen LogP contribution is -2.36. The first kappa shape index (κ1) is 18.8. The van der Waals surface area contributed by atoms with E-state index < -0.39 is 0 Å². The molecule has 0 bridgehead atoms. The molecule has 6 nitrogen and oxygen atoms in total. The van der Waals surface area contributed by atoms with Crippen LogP contribution in [0.2, 0.25) is 0 Å². The lowest BCUT2D eigenvalue weighted by atomic mass is 10.1. The summed E-state index contributed by atoms with van der Waals surface area (Å²) in [6.45, 7) is 2.72. The molecule has 0 aliphatic carbocycles. The van der Waals surface area contributed by atoms with Crippen LogP contribution in [-0.2, 0) is 17.8 Å². The van der Waals surface area contributed by atoms with Crippen LogP contribution < -0.4 is 5.56 Å². The van der Waals surface area contributed by atoms with Gasteiger partial charge in [0.25, 0.3) is 5.56 Å². The number of hydrogen-bond acceptors (Lipinski definition) is 4. The highest BCUT2D eigenvalue weighted by Gasteiger charge is 2.15. The number of carbonyl (C=O) groups is 1. The molecule has 0 saturated carbocycles. The van der Waals surface area contributed by atoms with Crippen LogP contribution in [-0.4, -0.2) is 39.2 Å². The zero-order chi connectivity index (χ0) is 19.2. The number of rotatable bonds is 7. The predicted octanol–water partition coefficient (Wildman–Crippen LogP) is 2.64. The minimum absolute atomic E-state index is 0.0484. The van der Waals surface area contributed by atoms with Crippen LogP contribution in [0, 0.1) is 0 Å². The molecule has 27 heavy (non-hydrogen) atoms. The van der Waals surface area contributed by atoms with Crippen LogP contribution in [0.5, 0.6) is 0 Å². The zero-order valence-corrected chi connectivity index (χ0v) is 15.8. The predicted molar refractivity (Wildman–Crippen MR) is 106 cm³/mol. The second-order valence-electron chi connectivity index (χ2n) is 6.66. The Hall–Kier alpha value is -3.02. The first-order chi connectivity index (χ1) is 13.1. The van der Waals surface area contributed by atoms with Crippen molar-refractivity contribution in [2.45, 2.75) is 32.7 Å². The summed E-state index contributed by atoms with van der Waals surface area (Å²) in [5.74, 6) is -0.108. The van der Waals surface area contributed by atoms with Crippen LogP contribution in [0.4, 0.5) is 0 Å². The standard InChI is InChI=1S/C21H24N4O2/c1-3-4-13-24(2)20(26)15-25-21(27)18-8-6-5-7-17(18)19(23-25)14-16-9-11-22-12-10-16/h5-12H,3-4,13-15H2,1-2H3. The molecule has 2 aromatic heterocycles. The van der Waals surface area contributed by atoms with E-state index in [9.17, 15) is 9.59 Å². The molecule has 1 aromatic carbocycles. The first-order valence-electron chi connectivity index (χ1n) is 9.21. The maximum absolute atomic E-state index is 12.8. The fourth-order valence-corrected chi connectivity index (χ4v) is 3.01. The number of amides is 1. The maximum Gasteiger partial charge on any atom is 0.275 e. The third-order valence-electron chi connectivity index (χ3n) is 4.62. The van der Waals surface area contributed by atoms with E-state index in [1.165, 1.54) is 4.68 Å². The average molecular weight is 364 g/mol. The van der Waals surface area contributed by atoms with Gasteiger partial charge < -0.3 is 4.90 Å². The van der Waals surface area contributed by atoms with Gasteiger partial charge in [-0.3, -0.25) is 14.6 Å². The van der Waals surface area contributed by atoms with Gasteiger partial charge in [-0.05, 0) is 30.2 Å². The van der Waals surface area contributed by atoms with Gasteiger partial charge in [-0.25, -0.2) is 4.68 Å². The van der Waals surface area contributed by atoms with Crippen LogP contribution in [0.25, 0.3) is 10.8 Å². The third-order valence-corrected chi connectivity index (χ3v) is 4.62. The molecule has 0 radical (unpaired) electrons. The van der Waals surface area contributed by atoms with Crippen molar-refractivity contribution in [1.82, 2.24) is 19.7 Å². The smallest absolute Gasteiger partial charge is 0.275 e. The molecule has 3 aromatic rings. The summed E-state index contributed by atoms with van der Waals surface area (Å²) in [5.41, 5.74) is 1.60. The van der Waals surface area contributed by atoms with E-state index in [0.717, 1.165) is 29.5 Å². The molecule has 0 spiro atoms. The Balaban J connectivity index is 1.97. The average Bonchev–Trinajstić information content (AvgIpc) is 2.70. The largest absolute Gasteiger partial charge is 0.344 e. The summed E-state index contributed by atoms with van der Waals surface area (Å²) in [4.78, 5) is 31.0. The molecule has 0 aliphatic rings. The molecular formula is C21H24N4O2. The van der Waals surface area contributed by atoms with E-state index in [1.54, 1.807) is 30.4 Å². The molecule has 3 rings (SSSR count). The van der Waals surface area contributed by atoms with Gasteiger partial charge in [0.05, 0.1) is 11.1 Å². The van der Waals surface area contributed by atoms with Crippen molar-refractivity contribution < 1.29 is 4.79 Å². The molecule has 6 heteroatoms.